The molecule has 0 atom stereocenters. The van der Waals surface area contributed by atoms with Gasteiger partial charge in [-0.15, -0.1) is 0 Å². The average Bonchev–Trinajstić information content (AvgIpc) is 2.39. The van der Waals surface area contributed by atoms with Gasteiger partial charge in [0.05, 0.1) is 6.42 Å². The van der Waals surface area contributed by atoms with Crippen LogP contribution in [0.4, 0.5) is 5.69 Å². The molecule has 1 heterocycles. The van der Waals surface area contributed by atoms with E-state index in [0.29, 0.717) is 6.42 Å². The van der Waals surface area contributed by atoms with Gasteiger partial charge in [-0.25, -0.2) is 0 Å². The zero-order valence-corrected chi connectivity index (χ0v) is 12.2. The third kappa shape index (κ3) is 3.92. The molecule has 0 unspecified atom stereocenters. The standard InChI is InChI=1S/C17H20N2O/c1-17(2,3)15-12-14(9-10-18-15)19-16(20)11-13-7-5-4-6-8-13/h4-10,12H,11H2,1-3H3,(H,18,19,20). The first kappa shape index (κ1) is 14.3. The van der Waals surface area contributed by atoms with Crippen LogP contribution in [0.3, 0.4) is 0 Å². The van der Waals surface area contributed by atoms with Gasteiger partial charge in [-0.3, -0.25) is 9.78 Å². The Morgan fingerprint density at radius 2 is 1.85 bits per heavy atom. The summed E-state index contributed by atoms with van der Waals surface area (Å²) in [5, 5.41) is 2.92. The maximum atomic E-state index is 12.0. The molecule has 0 aliphatic rings. The molecule has 0 spiro atoms. The smallest absolute Gasteiger partial charge is 0.228 e. The number of hydrogen-bond acceptors (Lipinski definition) is 2. The van der Waals surface area contributed by atoms with Crippen molar-refractivity contribution in [3.05, 3.63) is 59.9 Å². The van der Waals surface area contributed by atoms with Crippen molar-refractivity contribution in [3.63, 3.8) is 0 Å². The molecule has 2 aromatic rings. The Bertz CT molecular complexity index is 585. The number of amides is 1. The van der Waals surface area contributed by atoms with Gasteiger partial charge in [-0.05, 0) is 17.7 Å². The van der Waals surface area contributed by atoms with Crippen molar-refractivity contribution in [2.75, 3.05) is 5.32 Å². The number of hydrogen-bond donors (Lipinski definition) is 1. The van der Waals surface area contributed by atoms with Crippen LogP contribution in [0.2, 0.25) is 0 Å². The van der Waals surface area contributed by atoms with Crippen LogP contribution in [0.15, 0.2) is 48.7 Å². The zero-order valence-electron chi connectivity index (χ0n) is 12.2. The highest BCUT2D eigenvalue weighted by molar-refractivity contribution is 5.92. The summed E-state index contributed by atoms with van der Waals surface area (Å²) in [6, 6.07) is 13.5. The fourth-order valence-corrected chi connectivity index (χ4v) is 1.90. The lowest BCUT2D eigenvalue weighted by molar-refractivity contribution is -0.115. The molecule has 0 aliphatic heterocycles. The quantitative estimate of drug-likeness (QED) is 0.924. The number of pyridine rings is 1. The minimum absolute atomic E-state index is 0.0118. The number of nitrogens with zero attached hydrogens (tertiary/aromatic N) is 1. The molecule has 0 fully saturated rings. The summed E-state index contributed by atoms with van der Waals surface area (Å²) >= 11 is 0. The normalized spacial score (nSPS) is 11.2. The van der Waals surface area contributed by atoms with Crippen LogP contribution >= 0.6 is 0 Å². The largest absolute Gasteiger partial charge is 0.326 e. The van der Waals surface area contributed by atoms with Crippen LogP contribution < -0.4 is 5.32 Å². The second-order valence-electron chi connectivity index (χ2n) is 5.89. The molecule has 0 saturated heterocycles. The highest BCUT2D eigenvalue weighted by Crippen LogP contribution is 2.22. The molecule has 1 aromatic heterocycles. The molecule has 0 bridgehead atoms. The lowest BCUT2D eigenvalue weighted by atomic mass is 9.91. The Balaban J connectivity index is 2.05. The Morgan fingerprint density at radius 3 is 2.50 bits per heavy atom. The number of carbonyl (C=O) groups is 1. The number of carbonyl (C=O) groups excluding carboxylic acids is 1. The molecule has 2 rings (SSSR count). The van der Waals surface area contributed by atoms with Crippen LogP contribution in [-0.4, -0.2) is 10.9 Å². The predicted octanol–water partition coefficient (Wildman–Crippen LogP) is 3.56. The summed E-state index contributed by atoms with van der Waals surface area (Å²) in [6.07, 6.45) is 2.12. The number of rotatable bonds is 3. The van der Waals surface area contributed by atoms with Crippen molar-refractivity contribution < 1.29 is 4.79 Å². The summed E-state index contributed by atoms with van der Waals surface area (Å²) < 4.78 is 0. The Kier molecular flexibility index (Phi) is 4.18. The molecule has 0 saturated carbocycles. The number of nitrogens with one attached hydrogen (secondary N) is 1. The van der Waals surface area contributed by atoms with Crippen molar-refractivity contribution in [1.82, 2.24) is 4.98 Å². The topological polar surface area (TPSA) is 42.0 Å². The summed E-state index contributed by atoms with van der Waals surface area (Å²) in [4.78, 5) is 16.4. The molecule has 104 valence electrons. The van der Waals surface area contributed by atoms with Crippen molar-refractivity contribution >= 4 is 11.6 Å². The van der Waals surface area contributed by atoms with E-state index in [0.717, 1.165) is 16.9 Å². The SMILES string of the molecule is CC(C)(C)c1cc(NC(=O)Cc2ccccc2)ccn1. The Hall–Kier alpha value is -2.16. The molecule has 0 radical (unpaired) electrons. The minimum atomic E-state index is -0.0276. The van der Waals surface area contributed by atoms with Crippen LogP contribution in [-0.2, 0) is 16.6 Å². The number of benzene rings is 1. The Labute approximate surface area is 120 Å². The molecular weight excluding hydrogens is 248 g/mol. The molecule has 0 aliphatic carbocycles. The van der Waals surface area contributed by atoms with E-state index in [1.807, 2.05) is 42.5 Å². The van der Waals surface area contributed by atoms with Gasteiger partial charge in [0.25, 0.3) is 0 Å². The van der Waals surface area contributed by atoms with Crippen LogP contribution in [0.25, 0.3) is 0 Å². The van der Waals surface area contributed by atoms with Crippen molar-refractivity contribution in [3.8, 4) is 0 Å². The summed E-state index contributed by atoms with van der Waals surface area (Å²) in [7, 11) is 0. The first-order valence-corrected chi connectivity index (χ1v) is 6.75. The second-order valence-corrected chi connectivity index (χ2v) is 5.89. The van der Waals surface area contributed by atoms with Crippen LogP contribution in [0.5, 0.6) is 0 Å². The second kappa shape index (κ2) is 5.87. The predicted molar refractivity (Wildman–Crippen MR) is 81.7 cm³/mol. The van der Waals surface area contributed by atoms with E-state index in [2.05, 4.69) is 31.1 Å². The summed E-state index contributed by atoms with van der Waals surface area (Å²) in [5.41, 5.74) is 2.75. The van der Waals surface area contributed by atoms with E-state index in [9.17, 15) is 4.79 Å². The molecule has 1 amide bonds. The molecule has 20 heavy (non-hydrogen) atoms. The van der Waals surface area contributed by atoms with Crippen molar-refractivity contribution in [1.29, 1.82) is 0 Å². The lowest BCUT2D eigenvalue weighted by Gasteiger charge is -2.18. The van der Waals surface area contributed by atoms with Gasteiger partial charge in [0.2, 0.25) is 5.91 Å². The molecule has 1 N–H and O–H groups in total. The van der Waals surface area contributed by atoms with Crippen molar-refractivity contribution in [2.24, 2.45) is 0 Å². The van der Waals surface area contributed by atoms with Crippen LogP contribution in [0, 0.1) is 0 Å². The average molecular weight is 268 g/mol. The van der Waals surface area contributed by atoms with Crippen LogP contribution in [0.1, 0.15) is 32.0 Å². The molecular formula is C17H20N2O. The Morgan fingerprint density at radius 1 is 1.15 bits per heavy atom. The number of anilines is 1. The third-order valence-electron chi connectivity index (χ3n) is 3.02. The van der Waals surface area contributed by atoms with Gasteiger partial charge in [0.15, 0.2) is 0 Å². The molecule has 1 aromatic carbocycles. The van der Waals surface area contributed by atoms with E-state index in [1.54, 1.807) is 6.20 Å². The zero-order chi connectivity index (χ0) is 14.6. The van der Waals surface area contributed by atoms with E-state index in [-0.39, 0.29) is 11.3 Å². The third-order valence-corrected chi connectivity index (χ3v) is 3.02. The summed E-state index contributed by atoms with van der Waals surface area (Å²) in [6.45, 7) is 6.31. The van der Waals surface area contributed by atoms with Gasteiger partial charge in [-0.2, -0.15) is 0 Å². The fourth-order valence-electron chi connectivity index (χ4n) is 1.90. The summed E-state index contributed by atoms with van der Waals surface area (Å²) in [5.74, 6) is -0.0118. The van der Waals surface area contributed by atoms with E-state index in [1.165, 1.54) is 0 Å². The van der Waals surface area contributed by atoms with E-state index in [4.69, 9.17) is 0 Å². The maximum Gasteiger partial charge on any atom is 0.228 e. The van der Waals surface area contributed by atoms with Gasteiger partial charge in [0, 0.05) is 23.0 Å². The van der Waals surface area contributed by atoms with Crippen molar-refractivity contribution in [2.45, 2.75) is 32.6 Å². The van der Waals surface area contributed by atoms with Gasteiger partial charge >= 0.3 is 0 Å². The minimum Gasteiger partial charge on any atom is -0.326 e. The van der Waals surface area contributed by atoms with Gasteiger partial charge < -0.3 is 5.32 Å². The van der Waals surface area contributed by atoms with E-state index < -0.39 is 0 Å². The first-order chi connectivity index (χ1) is 9.45. The highest BCUT2D eigenvalue weighted by atomic mass is 16.1. The highest BCUT2D eigenvalue weighted by Gasteiger charge is 2.15. The lowest BCUT2D eigenvalue weighted by Crippen LogP contribution is -2.17. The van der Waals surface area contributed by atoms with Gasteiger partial charge in [0.1, 0.15) is 0 Å². The molecule has 3 nitrogen and oxygen atoms in total. The van der Waals surface area contributed by atoms with E-state index >= 15 is 0 Å². The monoisotopic (exact) mass is 268 g/mol. The van der Waals surface area contributed by atoms with Gasteiger partial charge in [-0.1, -0.05) is 51.1 Å². The molecule has 3 heteroatoms. The maximum absolute atomic E-state index is 12.0. The number of aromatic nitrogens is 1. The first-order valence-electron chi connectivity index (χ1n) is 6.75. The fraction of sp³-hybridized carbons (Fsp3) is 0.294.